The summed E-state index contributed by atoms with van der Waals surface area (Å²) in [5.41, 5.74) is 1.80. The first-order chi connectivity index (χ1) is 14.8. The van der Waals surface area contributed by atoms with Gasteiger partial charge in [-0.1, -0.05) is 43.8 Å². The van der Waals surface area contributed by atoms with E-state index in [1.165, 1.54) is 10.4 Å². The summed E-state index contributed by atoms with van der Waals surface area (Å²) in [6, 6.07) is 6.10. The van der Waals surface area contributed by atoms with Gasteiger partial charge in [0.15, 0.2) is 0 Å². The van der Waals surface area contributed by atoms with Gasteiger partial charge in [-0.2, -0.15) is 4.31 Å². The second kappa shape index (κ2) is 10.1. The molecule has 1 aliphatic heterocycles. The van der Waals surface area contributed by atoms with Crippen LogP contribution in [0.5, 0.6) is 0 Å². The topological polar surface area (TPSA) is 96.6 Å². The Kier molecular flexibility index (Phi) is 7.69. The summed E-state index contributed by atoms with van der Waals surface area (Å²) < 4.78 is 28.8. The number of nitrogens with zero attached hydrogens (tertiary/aromatic N) is 4. The zero-order chi connectivity index (χ0) is 22.6. The Labute approximate surface area is 198 Å². The van der Waals surface area contributed by atoms with Crippen LogP contribution in [0.25, 0.3) is 0 Å². The van der Waals surface area contributed by atoms with E-state index in [1.807, 2.05) is 17.0 Å². The molecular formula is C20H20Br2N4O4S. The third-order valence-electron chi connectivity index (χ3n) is 5.01. The largest absolute Gasteiger partial charge is 0.368 e. The minimum atomic E-state index is -4.08. The van der Waals surface area contributed by atoms with Gasteiger partial charge >= 0.3 is 0 Å². The van der Waals surface area contributed by atoms with Crippen LogP contribution in [0.2, 0.25) is 0 Å². The molecule has 3 rings (SSSR count). The molecule has 0 saturated carbocycles. The number of sulfonamides is 1. The maximum atomic E-state index is 13.7. The van der Waals surface area contributed by atoms with Crippen LogP contribution in [-0.2, 0) is 23.0 Å². The van der Waals surface area contributed by atoms with Crippen LogP contribution >= 0.6 is 31.9 Å². The monoisotopic (exact) mass is 570 g/mol. The van der Waals surface area contributed by atoms with Crippen LogP contribution < -0.4 is 4.90 Å². The van der Waals surface area contributed by atoms with Crippen LogP contribution in [0.1, 0.15) is 16.8 Å². The molecule has 1 aromatic carbocycles. The van der Waals surface area contributed by atoms with Gasteiger partial charge < -0.3 is 4.90 Å². The van der Waals surface area contributed by atoms with Crippen LogP contribution in [0, 0.1) is 22.5 Å². The summed E-state index contributed by atoms with van der Waals surface area (Å²) >= 11 is 6.77. The second-order valence-corrected chi connectivity index (χ2v) is 10.3. The molecule has 1 aromatic heterocycles. The highest BCUT2D eigenvalue weighted by molar-refractivity contribution is 9.09. The van der Waals surface area contributed by atoms with E-state index >= 15 is 0 Å². The van der Waals surface area contributed by atoms with E-state index in [0.717, 1.165) is 11.6 Å². The number of aromatic nitrogens is 1. The Balaban J connectivity index is 2.18. The lowest BCUT2D eigenvalue weighted by Crippen LogP contribution is -2.38. The van der Waals surface area contributed by atoms with E-state index in [-0.39, 0.29) is 29.2 Å². The zero-order valence-corrected chi connectivity index (χ0v) is 20.5. The average molecular weight is 572 g/mol. The van der Waals surface area contributed by atoms with Gasteiger partial charge in [-0.3, -0.25) is 15.1 Å². The zero-order valence-electron chi connectivity index (χ0n) is 16.5. The molecule has 0 bridgehead atoms. The SMILES string of the molecule is C#Cc1cc([N+](=O)[O-])cc(S(=O)(=O)N2CCc3cccnc3C2)c1N(CCBr)CCBr. The van der Waals surface area contributed by atoms with E-state index in [9.17, 15) is 18.5 Å². The molecule has 0 aliphatic carbocycles. The lowest BCUT2D eigenvalue weighted by Gasteiger charge is -2.31. The second-order valence-electron chi connectivity index (χ2n) is 6.80. The number of hydrogen-bond acceptors (Lipinski definition) is 6. The maximum Gasteiger partial charge on any atom is 0.272 e. The lowest BCUT2D eigenvalue weighted by atomic mass is 10.1. The number of fused-ring (bicyclic) bond motifs is 1. The van der Waals surface area contributed by atoms with Gasteiger partial charge in [-0.25, -0.2) is 8.42 Å². The number of alkyl halides is 2. The van der Waals surface area contributed by atoms with E-state index in [4.69, 9.17) is 6.42 Å². The normalized spacial score (nSPS) is 14.0. The number of hydrogen-bond donors (Lipinski definition) is 0. The van der Waals surface area contributed by atoms with Crippen molar-refractivity contribution in [3.8, 4) is 12.3 Å². The smallest absolute Gasteiger partial charge is 0.272 e. The van der Waals surface area contributed by atoms with Gasteiger partial charge in [0.1, 0.15) is 4.90 Å². The molecule has 31 heavy (non-hydrogen) atoms. The molecule has 0 N–H and O–H groups in total. The Bertz CT molecular complexity index is 1130. The van der Waals surface area contributed by atoms with Crippen molar-refractivity contribution < 1.29 is 13.3 Å². The van der Waals surface area contributed by atoms with Gasteiger partial charge in [0.05, 0.1) is 28.4 Å². The molecule has 1 aliphatic rings. The maximum absolute atomic E-state index is 13.7. The predicted molar refractivity (Wildman–Crippen MR) is 126 cm³/mol. The van der Waals surface area contributed by atoms with Gasteiger partial charge in [-0.15, -0.1) is 6.42 Å². The Morgan fingerprint density at radius 3 is 2.61 bits per heavy atom. The van der Waals surface area contributed by atoms with E-state index in [1.54, 1.807) is 6.20 Å². The number of pyridine rings is 1. The van der Waals surface area contributed by atoms with Crippen LogP contribution in [-0.4, -0.2) is 52.9 Å². The molecule has 0 unspecified atom stereocenters. The molecule has 0 atom stereocenters. The van der Waals surface area contributed by atoms with Gasteiger partial charge in [0.2, 0.25) is 10.0 Å². The number of benzene rings is 1. The molecule has 0 amide bonds. The highest BCUT2D eigenvalue weighted by Crippen LogP contribution is 2.36. The summed E-state index contributed by atoms with van der Waals surface area (Å²) in [7, 11) is -4.08. The Morgan fingerprint density at radius 2 is 2.00 bits per heavy atom. The van der Waals surface area contributed by atoms with Gasteiger partial charge in [0.25, 0.3) is 5.69 Å². The van der Waals surface area contributed by atoms with Crippen LogP contribution in [0.3, 0.4) is 0 Å². The molecule has 2 heterocycles. The molecule has 0 spiro atoms. The van der Waals surface area contributed by atoms with Gasteiger partial charge in [-0.05, 0) is 18.1 Å². The lowest BCUT2D eigenvalue weighted by molar-refractivity contribution is -0.385. The summed E-state index contributed by atoms with van der Waals surface area (Å²) in [6.07, 6.45) is 7.80. The highest BCUT2D eigenvalue weighted by atomic mass is 79.9. The van der Waals surface area contributed by atoms with Crippen molar-refractivity contribution in [3.63, 3.8) is 0 Å². The van der Waals surface area contributed by atoms with Crippen molar-refractivity contribution in [2.75, 3.05) is 35.2 Å². The minimum Gasteiger partial charge on any atom is -0.368 e. The number of nitro benzene ring substituents is 1. The fourth-order valence-electron chi connectivity index (χ4n) is 3.55. The molecule has 0 fully saturated rings. The fraction of sp³-hybridized carbons (Fsp3) is 0.350. The Hall–Kier alpha value is -2.00. The predicted octanol–water partition coefficient (Wildman–Crippen LogP) is 3.31. The van der Waals surface area contributed by atoms with Gasteiger partial charge in [0, 0.05) is 48.6 Å². The first kappa shape index (κ1) is 23.7. The van der Waals surface area contributed by atoms with E-state index < -0.39 is 14.9 Å². The van der Waals surface area contributed by atoms with Crippen molar-refractivity contribution in [2.45, 2.75) is 17.9 Å². The minimum absolute atomic E-state index is 0.100. The Morgan fingerprint density at radius 1 is 1.29 bits per heavy atom. The van der Waals surface area contributed by atoms with Crippen molar-refractivity contribution in [1.82, 2.24) is 9.29 Å². The summed E-state index contributed by atoms with van der Waals surface area (Å²) in [4.78, 5) is 16.9. The first-order valence-corrected chi connectivity index (χ1v) is 13.1. The van der Waals surface area contributed by atoms with E-state index in [2.05, 4.69) is 42.8 Å². The molecule has 164 valence electrons. The number of halogens is 2. The van der Waals surface area contributed by atoms with Crippen molar-refractivity contribution in [3.05, 3.63) is 57.4 Å². The summed E-state index contributed by atoms with van der Waals surface area (Å²) in [6.45, 7) is 1.31. The number of terminal acetylenes is 1. The number of anilines is 1. The quantitative estimate of drug-likeness (QED) is 0.209. The van der Waals surface area contributed by atoms with Crippen LogP contribution in [0.4, 0.5) is 11.4 Å². The number of non-ortho nitro benzene ring substituents is 1. The standard InChI is InChI=1S/C20H20Br2N4O4S/c1-2-15-12-17(26(27)28)13-19(20(15)24(10-6-21)11-7-22)31(29,30)25-9-5-16-4-3-8-23-18(16)14-25/h1,3-4,8,12-13H,5-7,9-11,14H2. The molecule has 8 nitrogen and oxygen atoms in total. The molecule has 11 heteroatoms. The van der Waals surface area contributed by atoms with Crippen LogP contribution in [0.15, 0.2) is 35.4 Å². The number of nitro groups is 1. The van der Waals surface area contributed by atoms with Crippen molar-refractivity contribution >= 4 is 53.3 Å². The van der Waals surface area contributed by atoms with Crippen molar-refractivity contribution in [1.29, 1.82) is 0 Å². The first-order valence-electron chi connectivity index (χ1n) is 9.42. The third kappa shape index (κ3) is 4.92. The summed E-state index contributed by atoms with van der Waals surface area (Å²) in [5, 5.41) is 12.7. The molecule has 2 aromatic rings. The molecule has 0 radical (unpaired) electrons. The number of rotatable bonds is 8. The average Bonchev–Trinajstić information content (AvgIpc) is 2.77. The molecule has 0 saturated heterocycles. The third-order valence-corrected chi connectivity index (χ3v) is 7.58. The summed E-state index contributed by atoms with van der Waals surface area (Å²) in [5.74, 6) is 2.45. The van der Waals surface area contributed by atoms with E-state index in [0.29, 0.717) is 41.6 Å². The molecular weight excluding hydrogens is 552 g/mol. The van der Waals surface area contributed by atoms with Crippen molar-refractivity contribution in [2.24, 2.45) is 0 Å². The highest BCUT2D eigenvalue weighted by Gasteiger charge is 2.34. The fourth-order valence-corrected chi connectivity index (χ4v) is 6.06.